The van der Waals surface area contributed by atoms with Crippen LogP contribution in [0, 0.1) is 12.7 Å². The average Bonchev–Trinajstić information content (AvgIpc) is 2.56. The number of carbonyl (C=O) groups is 1. The molecule has 3 N–H and O–H groups in total. The molecular weight excluding hydrogens is 400 g/mol. The van der Waals surface area contributed by atoms with Gasteiger partial charge in [0.15, 0.2) is 5.82 Å². The minimum Gasteiger partial charge on any atom is -0.396 e. The van der Waals surface area contributed by atoms with Crippen LogP contribution >= 0.6 is 0 Å². The predicted octanol–water partition coefficient (Wildman–Crippen LogP) is 5.26. The van der Waals surface area contributed by atoms with Crippen LogP contribution in [0.4, 0.5) is 46.5 Å². The van der Waals surface area contributed by atoms with Crippen molar-refractivity contribution in [2.24, 2.45) is 0 Å². The highest BCUT2D eigenvalue weighted by atomic mass is 19.4. The number of amides is 1. The lowest BCUT2D eigenvalue weighted by Gasteiger charge is -2.30. The number of nitrogen functional groups attached to an aromatic ring is 1. The Morgan fingerprint density at radius 1 is 0.964 bits per heavy atom. The molecule has 1 amide bonds. The van der Waals surface area contributed by atoms with E-state index < -0.39 is 40.9 Å². The highest BCUT2D eigenvalue weighted by molar-refractivity contribution is 6.05. The van der Waals surface area contributed by atoms with Gasteiger partial charge in [-0.1, -0.05) is 18.2 Å². The van der Waals surface area contributed by atoms with Gasteiger partial charge < -0.3 is 11.1 Å². The van der Waals surface area contributed by atoms with E-state index in [1.54, 1.807) is 0 Å². The summed E-state index contributed by atoms with van der Waals surface area (Å²) in [4.78, 5) is 12.1. The molecule has 0 fully saturated rings. The van der Waals surface area contributed by atoms with Gasteiger partial charge in [0.1, 0.15) is 0 Å². The maximum atomic E-state index is 14.1. The second-order valence-electron chi connectivity index (χ2n) is 5.85. The van der Waals surface area contributed by atoms with Crippen molar-refractivity contribution in [1.29, 1.82) is 0 Å². The second kappa shape index (κ2) is 6.95. The molecule has 2 aromatic carbocycles. The summed E-state index contributed by atoms with van der Waals surface area (Å²) in [6, 6.07) is 4.75. The van der Waals surface area contributed by atoms with E-state index in [9.17, 15) is 39.9 Å². The van der Waals surface area contributed by atoms with E-state index in [4.69, 9.17) is 5.73 Å². The van der Waals surface area contributed by atoms with Gasteiger partial charge >= 0.3 is 18.0 Å². The van der Waals surface area contributed by atoms with Crippen LogP contribution in [-0.2, 0) is 5.67 Å². The van der Waals surface area contributed by atoms with Crippen LogP contribution < -0.4 is 11.1 Å². The van der Waals surface area contributed by atoms with Crippen molar-refractivity contribution in [1.82, 2.24) is 0 Å². The molecule has 0 aliphatic heterocycles. The quantitative estimate of drug-likeness (QED) is 0.534. The first kappa shape index (κ1) is 21.5. The molecule has 0 aliphatic carbocycles. The van der Waals surface area contributed by atoms with Gasteiger partial charge in [-0.15, -0.1) is 0 Å². The van der Waals surface area contributed by atoms with Gasteiger partial charge in [0.2, 0.25) is 0 Å². The van der Waals surface area contributed by atoms with Crippen molar-refractivity contribution in [2.75, 3.05) is 11.1 Å². The Labute approximate surface area is 153 Å². The van der Waals surface area contributed by atoms with Gasteiger partial charge in [-0.2, -0.15) is 26.3 Å². The number of aryl methyl sites for hydroxylation is 1. The highest BCUT2D eigenvalue weighted by Gasteiger charge is 2.73. The molecule has 152 valence electrons. The number of alkyl halides is 7. The van der Waals surface area contributed by atoms with Gasteiger partial charge in [0.25, 0.3) is 5.91 Å². The third-order valence-corrected chi connectivity index (χ3v) is 3.93. The Hall–Kier alpha value is -2.85. The summed E-state index contributed by atoms with van der Waals surface area (Å²) in [6.07, 6.45) is -12.5. The maximum absolute atomic E-state index is 14.1. The first-order valence-corrected chi connectivity index (χ1v) is 7.49. The third kappa shape index (κ3) is 3.60. The van der Waals surface area contributed by atoms with Crippen LogP contribution in [-0.4, -0.2) is 18.3 Å². The van der Waals surface area contributed by atoms with Gasteiger partial charge in [-0.25, -0.2) is 8.78 Å². The smallest absolute Gasteiger partial charge is 0.396 e. The van der Waals surface area contributed by atoms with Gasteiger partial charge in [-0.3, -0.25) is 4.79 Å². The fourth-order valence-corrected chi connectivity index (χ4v) is 2.42. The summed E-state index contributed by atoms with van der Waals surface area (Å²) in [5, 5.41) is 2.13. The summed E-state index contributed by atoms with van der Waals surface area (Å²) >= 11 is 0. The van der Waals surface area contributed by atoms with Crippen molar-refractivity contribution in [3.8, 4) is 0 Å². The van der Waals surface area contributed by atoms with Crippen molar-refractivity contribution >= 4 is 17.3 Å². The number of hydrogen-bond donors (Lipinski definition) is 2. The number of halogens is 8. The minimum atomic E-state index is -6.26. The lowest BCUT2D eigenvalue weighted by molar-refractivity contribution is -0.348. The second-order valence-corrected chi connectivity index (χ2v) is 5.85. The van der Waals surface area contributed by atoms with Crippen LogP contribution in [0.15, 0.2) is 36.4 Å². The molecule has 2 aromatic rings. The van der Waals surface area contributed by atoms with Crippen LogP contribution in [0.25, 0.3) is 0 Å². The predicted molar refractivity (Wildman–Crippen MR) is 84.8 cm³/mol. The Kier molecular flexibility index (Phi) is 5.33. The molecule has 0 saturated carbocycles. The molecule has 3 nitrogen and oxygen atoms in total. The third-order valence-electron chi connectivity index (χ3n) is 3.93. The van der Waals surface area contributed by atoms with Crippen molar-refractivity contribution in [3.63, 3.8) is 0 Å². The zero-order valence-corrected chi connectivity index (χ0v) is 14.0. The first-order valence-electron chi connectivity index (χ1n) is 7.49. The summed E-state index contributed by atoms with van der Waals surface area (Å²) < 4.78 is 105. The summed E-state index contributed by atoms with van der Waals surface area (Å²) in [6.45, 7) is 1.06. The number of hydrogen-bond acceptors (Lipinski definition) is 2. The van der Waals surface area contributed by atoms with E-state index in [0.29, 0.717) is 12.1 Å². The Balaban J connectivity index is 2.42. The van der Waals surface area contributed by atoms with Gasteiger partial charge in [0.05, 0.1) is 11.3 Å². The molecule has 0 saturated heterocycles. The zero-order chi connectivity index (χ0) is 21.5. The maximum Gasteiger partial charge on any atom is 0.435 e. The molecular formula is C17H12F8N2O. The summed E-state index contributed by atoms with van der Waals surface area (Å²) in [5.74, 6) is -2.09. The normalized spacial score (nSPS) is 12.8. The molecule has 0 heterocycles. The number of anilines is 2. The first-order chi connectivity index (χ1) is 12.7. The molecule has 0 aliphatic rings. The van der Waals surface area contributed by atoms with Gasteiger partial charge in [0, 0.05) is 11.3 Å². The van der Waals surface area contributed by atoms with Crippen molar-refractivity contribution < 1.29 is 39.9 Å². The number of nitrogens with two attached hydrogens (primary N) is 1. The van der Waals surface area contributed by atoms with E-state index >= 15 is 0 Å². The Morgan fingerprint density at radius 3 is 2.04 bits per heavy atom. The average molecular weight is 412 g/mol. The molecule has 2 rings (SSSR count). The molecule has 0 radical (unpaired) electrons. The van der Waals surface area contributed by atoms with Gasteiger partial charge in [-0.05, 0) is 30.7 Å². The minimum absolute atomic E-state index is 0.234. The van der Waals surface area contributed by atoms with E-state index in [2.05, 4.69) is 5.32 Å². The molecule has 0 spiro atoms. The molecule has 11 heteroatoms. The highest BCUT2D eigenvalue weighted by Crippen LogP contribution is 2.53. The number of nitrogens with one attached hydrogen (secondary N) is 1. The van der Waals surface area contributed by atoms with E-state index in [1.165, 1.54) is 12.1 Å². The summed E-state index contributed by atoms with van der Waals surface area (Å²) in [7, 11) is 0. The lowest BCUT2D eigenvalue weighted by atomic mass is 9.92. The van der Waals surface area contributed by atoms with E-state index in [0.717, 1.165) is 13.0 Å². The molecule has 0 atom stereocenters. The van der Waals surface area contributed by atoms with E-state index in [1.807, 2.05) is 0 Å². The monoisotopic (exact) mass is 412 g/mol. The number of rotatable bonds is 3. The van der Waals surface area contributed by atoms with Crippen molar-refractivity contribution in [3.05, 3.63) is 58.9 Å². The SMILES string of the molecule is Cc1cc(C(F)(C(F)(F)F)C(F)(F)F)ccc1NC(=O)c1cccc(N)c1F. The largest absolute Gasteiger partial charge is 0.435 e. The number of benzene rings is 2. The fourth-order valence-electron chi connectivity index (χ4n) is 2.42. The molecule has 0 bridgehead atoms. The van der Waals surface area contributed by atoms with Crippen LogP contribution in [0.1, 0.15) is 21.5 Å². The van der Waals surface area contributed by atoms with Crippen molar-refractivity contribution in [2.45, 2.75) is 24.9 Å². The van der Waals surface area contributed by atoms with Crippen LogP contribution in [0.5, 0.6) is 0 Å². The van der Waals surface area contributed by atoms with E-state index in [-0.39, 0.29) is 23.0 Å². The molecule has 0 unspecified atom stereocenters. The zero-order valence-electron chi connectivity index (χ0n) is 14.0. The molecule has 28 heavy (non-hydrogen) atoms. The Morgan fingerprint density at radius 2 is 1.54 bits per heavy atom. The van der Waals surface area contributed by atoms with Crippen LogP contribution in [0.3, 0.4) is 0 Å². The number of carbonyl (C=O) groups excluding carboxylic acids is 1. The summed E-state index contributed by atoms with van der Waals surface area (Å²) in [5.41, 5.74) is -3.33. The fraction of sp³-hybridized carbons (Fsp3) is 0.235. The lowest BCUT2D eigenvalue weighted by Crippen LogP contribution is -2.50. The topological polar surface area (TPSA) is 55.1 Å². The molecule has 0 aromatic heterocycles. The Bertz CT molecular complexity index is 891. The standard InChI is InChI=1S/C17H12F8N2O/c1-8-7-9(15(19,16(20,21)22)17(23,24)25)5-6-12(8)27-14(28)10-3-2-4-11(26)13(10)18/h2-7H,26H2,1H3,(H,27,28). The van der Waals surface area contributed by atoms with Crippen LogP contribution in [0.2, 0.25) is 0 Å².